The summed E-state index contributed by atoms with van der Waals surface area (Å²) in [7, 11) is 0. The van der Waals surface area contributed by atoms with Crippen molar-refractivity contribution in [3.63, 3.8) is 0 Å². The summed E-state index contributed by atoms with van der Waals surface area (Å²) in [6.45, 7) is 3.32. The van der Waals surface area contributed by atoms with Gasteiger partial charge in [-0.2, -0.15) is 0 Å². The van der Waals surface area contributed by atoms with Crippen LogP contribution in [0.15, 0.2) is 48.0 Å². The van der Waals surface area contributed by atoms with Crippen LogP contribution in [0.5, 0.6) is 0 Å². The third kappa shape index (κ3) is 3.99. The fourth-order valence-electron chi connectivity index (χ4n) is 3.71. The Labute approximate surface area is 164 Å². The van der Waals surface area contributed by atoms with Crippen molar-refractivity contribution in [2.24, 2.45) is 0 Å². The predicted octanol–water partition coefficient (Wildman–Crippen LogP) is 5.60. The van der Waals surface area contributed by atoms with E-state index in [0.717, 1.165) is 35.5 Å². The van der Waals surface area contributed by atoms with Gasteiger partial charge >= 0.3 is 0 Å². The first-order chi connectivity index (χ1) is 13.2. The van der Waals surface area contributed by atoms with Gasteiger partial charge in [-0.25, -0.2) is 0 Å². The Morgan fingerprint density at radius 1 is 1.33 bits per heavy atom. The highest BCUT2D eigenvalue weighted by Gasteiger charge is 2.17. The van der Waals surface area contributed by atoms with Gasteiger partial charge in [-0.3, -0.25) is 5.41 Å². The van der Waals surface area contributed by atoms with Gasteiger partial charge in [0, 0.05) is 34.4 Å². The molecule has 3 aromatic rings. The minimum absolute atomic E-state index is 0.441. The van der Waals surface area contributed by atoms with Crippen LogP contribution in [0.2, 0.25) is 0 Å². The summed E-state index contributed by atoms with van der Waals surface area (Å²) >= 11 is 1.57. The normalized spacial score (nSPS) is 17.1. The van der Waals surface area contributed by atoms with Gasteiger partial charge in [0.05, 0.1) is 4.88 Å². The molecule has 140 valence electrons. The highest BCUT2D eigenvalue weighted by Crippen LogP contribution is 2.33. The van der Waals surface area contributed by atoms with Gasteiger partial charge < -0.3 is 15.6 Å². The summed E-state index contributed by atoms with van der Waals surface area (Å²) < 4.78 is 0. The molecule has 0 amide bonds. The minimum atomic E-state index is 0.441. The molecule has 0 aliphatic heterocycles. The largest absolute Gasteiger partial charge is 0.360 e. The molecule has 1 aliphatic carbocycles. The van der Waals surface area contributed by atoms with Gasteiger partial charge in [-0.05, 0) is 61.4 Å². The average Bonchev–Trinajstić information content (AvgIpc) is 3.36. The zero-order valence-corrected chi connectivity index (χ0v) is 16.5. The third-order valence-corrected chi connectivity index (χ3v) is 6.05. The summed E-state index contributed by atoms with van der Waals surface area (Å²) in [5.41, 5.74) is 4.82. The molecule has 2 aromatic heterocycles. The van der Waals surface area contributed by atoms with E-state index in [-0.39, 0.29) is 0 Å². The van der Waals surface area contributed by atoms with Crippen LogP contribution in [0.4, 0.5) is 5.69 Å². The van der Waals surface area contributed by atoms with E-state index in [0.29, 0.717) is 11.9 Å². The van der Waals surface area contributed by atoms with E-state index < -0.39 is 0 Å². The van der Waals surface area contributed by atoms with Gasteiger partial charge in [0.15, 0.2) is 0 Å². The fraction of sp³-hybridized carbons (Fsp3) is 0.318. The summed E-state index contributed by atoms with van der Waals surface area (Å²) in [5.74, 6) is 0.441. The van der Waals surface area contributed by atoms with E-state index >= 15 is 0 Å². The lowest BCUT2D eigenvalue weighted by atomic mass is 9.90. The molecule has 0 radical (unpaired) electrons. The standard InChI is InChI=1S/C22H26N4S/c1-2-11-24-16-7-5-15(6-8-16)19-14-25-20-13-17(9-10-18(19)20)26-22(23)21-4-3-12-27-21/h3-5,9-10,12-14,16,24-25H,2,6-8,11H2,1H3,(H2,23,26)/t16-/m0/s1. The number of thiophene rings is 1. The molecule has 1 atom stereocenters. The summed E-state index contributed by atoms with van der Waals surface area (Å²) in [6, 6.07) is 10.9. The highest BCUT2D eigenvalue weighted by molar-refractivity contribution is 7.12. The molecule has 4 N–H and O–H groups in total. The van der Waals surface area contributed by atoms with Crippen LogP contribution in [-0.4, -0.2) is 23.4 Å². The first kappa shape index (κ1) is 18.0. The lowest BCUT2D eigenvalue weighted by molar-refractivity contribution is 0.479. The van der Waals surface area contributed by atoms with Crippen molar-refractivity contribution in [3.05, 3.63) is 58.4 Å². The number of hydrogen-bond donors (Lipinski definition) is 4. The molecule has 5 heteroatoms. The summed E-state index contributed by atoms with van der Waals surface area (Å²) in [4.78, 5) is 4.36. The highest BCUT2D eigenvalue weighted by atomic mass is 32.1. The third-order valence-electron chi connectivity index (χ3n) is 5.16. The van der Waals surface area contributed by atoms with Crippen molar-refractivity contribution in [3.8, 4) is 0 Å². The number of hydrogen-bond acceptors (Lipinski definition) is 3. The van der Waals surface area contributed by atoms with Crippen LogP contribution < -0.4 is 10.6 Å². The molecule has 0 saturated heterocycles. The van der Waals surface area contributed by atoms with Gasteiger partial charge in [0.25, 0.3) is 0 Å². The molecule has 2 heterocycles. The molecule has 0 bridgehead atoms. The first-order valence-corrected chi connectivity index (χ1v) is 10.6. The molecule has 0 saturated carbocycles. The maximum atomic E-state index is 8.20. The number of aromatic nitrogens is 1. The number of aromatic amines is 1. The minimum Gasteiger partial charge on any atom is -0.360 e. The Morgan fingerprint density at radius 2 is 2.26 bits per heavy atom. The molecular weight excluding hydrogens is 352 g/mol. The van der Waals surface area contributed by atoms with Crippen LogP contribution in [0.3, 0.4) is 0 Å². The monoisotopic (exact) mass is 378 g/mol. The Hall–Kier alpha value is -2.37. The van der Waals surface area contributed by atoms with E-state index in [4.69, 9.17) is 5.41 Å². The van der Waals surface area contributed by atoms with E-state index in [1.54, 1.807) is 11.3 Å². The number of nitrogens with one attached hydrogen (secondary N) is 4. The molecule has 27 heavy (non-hydrogen) atoms. The summed E-state index contributed by atoms with van der Waals surface area (Å²) in [5, 5.41) is 18.3. The number of fused-ring (bicyclic) bond motifs is 1. The van der Waals surface area contributed by atoms with Crippen LogP contribution in [0.25, 0.3) is 16.5 Å². The second-order valence-corrected chi connectivity index (χ2v) is 8.04. The quantitative estimate of drug-likeness (QED) is 0.333. The fourth-order valence-corrected chi connectivity index (χ4v) is 4.34. The molecule has 0 spiro atoms. The average molecular weight is 379 g/mol. The molecule has 1 aliphatic rings. The molecule has 4 rings (SSSR count). The number of rotatable bonds is 6. The van der Waals surface area contributed by atoms with E-state index in [1.165, 1.54) is 29.4 Å². The Bertz CT molecular complexity index is 952. The lowest BCUT2D eigenvalue weighted by Gasteiger charge is -2.23. The molecular formula is C22H26N4S. The molecule has 4 nitrogen and oxygen atoms in total. The lowest BCUT2D eigenvalue weighted by Crippen LogP contribution is -2.30. The topological polar surface area (TPSA) is 63.7 Å². The molecule has 0 fully saturated rings. The number of benzene rings is 1. The maximum Gasteiger partial charge on any atom is 0.140 e. The van der Waals surface area contributed by atoms with Gasteiger partial charge in [-0.1, -0.05) is 25.1 Å². The number of amidine groups is 1. The smallest absolute Gasteiger partial charge is 0.140 e. The maximum absolute atomic E-state index is 8.20. The van der Waals surface area contributed by atoms with Crippen molar-refractivity contribution in [1.29, 1.82) is 5.41 Å². The van der Waals surface area contributed by atoms with Crippen LogP contribution in [0, 0.1) is 5.41 Å². The van der Waals surface area contributed by atoms with Crippen molar-refractivity contribution >= 4 is 39.3 Å². The van der Waals surface area contributed by atoms with Crippen molar-refractivity contribution in [2.45, 2.75) is 38.6 Å². The van der Waals surface area contributed by atoms with Gasteiger partial charge in [0.2, 0.25) is 0 Å². The van der Waals surface area contributed by atoms with Gasteiger partial charge in [-0.15, -0.1) is 11.3 Å². The van der Waals surface area contributed by atoms with E-state index in [2.05, 4.69) is 53.0 Å². The number of anilines is 1. The molecule has 0 unspecified atom stereocenters. The van der Waals surface area contributed by atoms with Crippen LogP contribution in [0.1, 0.15) is 43.0 Å². The Balaban J connectivity index is 1.50. The second kappa shape index (κ2) is 8.11. The Kier molecular flexibility index (Phi) is 5.41. The van der Waals surface area contributed by atoms with Crippen molar-refractivity contribution < 1.29 is 0 Å². The van der Waals surface area contributed by atoms with E-state index in [1.807, 2.05) is 17.5 Å². The number of H-pyrrole nitrogens is 1. The predicted molar refractivity (Wildman–Crippen MR) is 117 cm³/mol. The molecule has 1 aromatic carbocycles. The Morgan fingerprint density at radius 3 is 3.00 bits per heavy atom. The van der Waals surface area contributed by atoms with Gasteiger partial charge in [0.1, 0.15) is 5.84 Å². The second-order valence-electron chi connectivity index (χ2n) is 7.09. The SMILES string of the molecule is CCCN[C@H]1CC=C(c2c[nH]c3cc(NC(=N)c4cccs4)ccc23)CC1. The van der Waals surface area contributed by atoms with Crippen LogP contribution in [-0.2, 0) is 0 Å². The van der Waals surface area contributed by atoms with Crippen molar-refractivity contribution in [2.75, 3.05) is 11.9 Å². The summed E-state index contributed by atoms with van der Waals surface area (Å²) in [6.07, 6.45) is 9.16. The van der Waals surface area contributed by atoms with Crippen LogP contribution >= 0.6 is 11.3 Å². The zero-order valence-electron chi connectivity index (χ0n) is 15.6. The van der Waals surface area contributed by atoms with E-state index in [9.17, 15) is 0 Å². The van der Waals surface area contributed by atoms with Crippen molar-refractivity contribution in [1.82, 2.24) is 10.3 Å². The zero-order chi connectivity index (χ0) is 18.6. The number of allylic oxidation sites excluding steroid dienone is 1. The first-order valence-electron chi connectivity index (χ1n) is 9.68.